The van der Waals surface area contributed by atoms with Crippen LogP contribution < -0.4 is 0 Å². The first-order valence-electron chi connectivity index (χ1n) is 15.0. The molecule has 236 valence electrons. The number of unbranched alkanes of at least 4 members (excludes halogenated alkanes) is 2. The number of aliphatic hydroxyl groups excluding tert-OH is 1. The summed E-state index contributed by atoms with van der Waals surface area (Å²) in [7, 11) is 3.66. The van der Waals surface area contributed by atoms with Crippen molar-refractivity contribution in [1.29, 1.82) is 0 Å². The summed E-state index contributed by atoms with van der Waals surface area (Å²) in [5, 5.41) is 28.6. The van der Waals surface area contributed by atoms with E-state index in [4.69, 9.17) is 21.8 Å². The molecule has 1 aliphatic rings. The van der Waals surface area contributed by atoms with E-state index in [2.05, 4.69) is 36.1 Å². The van der Waals surface area contributed by atoms with Gasteiger partial charge in [0.05, 0.1) is 5.60 Å². The van der Waals surface area contributed by atoms with E-state index < -0.39 is 17.3 Å². The van der Waals surface area contributed by atoms with Gasteiger partial charge in [-0.2, -0.15) is 0 Å². The van der Waals surface area contributed by atoms with Crippen molar-refractivity contribution in [2.75, 3.05) is 33.7 Å². The number of likely N-dealkylation sites (tertiary alicyclic amines) is 1. The third-order valence-corrected chi connectivity index (χ3v) is 8.49. The summed E-state index contributed by atoms with van der Waals surface area (Å²) >= 11 is 6.03. The Bertz CT molecular complexity index is 1160. The number of hydrogen-bond donors (Lipinski definition) is 3. The summed E-state index contributed by atoms with van der Waals surface area (Å²) in [6.07, 6.45) is 4.55. The van der Waals surface area contributed by atoms with Crippen LogP contribution in [0.15, 0.2) is 84.9 Å². The molecule has 3 aromatic carbocycles. The van der Waals surface area contributed by atoms with E-state index in [1.807, 2.05) is 74.8 Å². The summed E-state index contributed by atoms with van der Waals surface area (Å²) in [6.45, 7) is 4.40. The Hall–Kier alpha value is -2.45. The van der Waals surface area contributed by atoms with E-state index in [1.165, 1.54) is 0 Å². The van der Waals surface area contributed by atoms with Crippen molar-refractivity contribution < 1.29 is 20.1 Å². The molecule has 0 bridgehead atoms. The molecule has 0 spiro atoms. The van der Waals surface area contributed by atoms with Crippen molar-refractivity contribution in [1.82, 2.24) is 9.80 Å². The van der Waals surface area contributed by atoms with Gasteiger partial charge in [0.2, 0.25) is 5.91 Å². The largest absolute Gasteiger partial charge is 0.385 e. The van der Waals surface area contributed by atoms with Gasteiger partial charge in [0.15, 0.2) is 6.29 Å². The average Bonchev–Trinajstić information content (AvgIpc) is 3.00. The first kappa shape index (κ1) is 36.7. The van der Waals surface area contributed by atoms with Crippen molar-refractivity contribution in [2.24, 2.45) is 0 Å². The Morgan fingerprint density at radius 3 is 1.86 bits per heavy atom. The number of rotatable bonds is 11. The standard InChI is InChI=1S/C29H33ClN2O2.C6H14O2.ClH/c1-31(2)27(33)29(24-9-5-3-6-10-24,25-11-7-4-8-12-25)19-22-32-20-17-28(34,18-21-32)23-13-15-26(30)16-14-23;1-2-3-4-5-6(7)8;/h3-16,34H,17-22H2,1-2H3;6-8H,2-5H2,1H3;1H. The number of hydrogen-bond acceptors (Lipinski definition) is 5. The molecular weight excluding hydrogens is 583 g/mol. The molecule has 0 radical (unpaired) electrons. The first-order chi connectivity index (χ1) is 20.1. The Labute approximate surface area is 268 Å². The fourth-order valence-electron chi connectivity index (χ4n) is 5.73. The quantitative estimate of drug-likeness (QED) is 0.169. The Kier molecular flexibility index (Phi) is 15.2. The Morgan fingerprint density at radius 2 is 1.42 bits per heavy atom. The van der Waals surface area contributed by atoms with E-state index in [9.17, 15) is 9.90 Å². The maximum Gasteiger partial charge on any atom is 0.237 e. The molecule has 3 aromatic rings. The summed E-state index contributed by atoms with van der Waals surface area (Å²) < 4.78 is 0. The highest BCUT2D eigenvalue weighted by molar-refractivity contribution is 6.30. The highest BCUT2D eigenvalue weighted by atomic mass is 35.5. The highest BCUT2D eigenvalue weighted by Crippen LogP contribution is 2.39. The smallest absolute Gasteiger partial charge is 0.237 e. The molecule has 0 aliphatic carbocycles. The number of piperidine rings is 1. The number of aliphatic hydroxyl groups is 3. The van der Waals surface area contributed by atoms with Gasteiger partial charge in [-0.3, -0.25) is 4.79 Å². The van der Waals surface area contributed by atoms with E-state index in [1.54, 1.807) is 4.90 Å². The Morgan fingerprint density at radius 1 is 0.907 bits per heavy atom. The molecule has 1 saturated heterocycles. The van der Waals surface area contributed by atoms with Gasteiger partial charge in [-0.05, 0) is 67.5 Å². The predicted molar refractivity (Wildman–Crippen MR) is 178 cm³/mol. The van der Waals surface area contributed by atoms with Crippen LogP contribution in [-0.4, -0.2) is 71.0 Å². The van der Waals surface area contributed by atoms with Crippen LogP contribution in [-0.2, 0) is 15.8 Å². The number of benzene rings is 3. The molecule has 1 fully saturated rings. The van der Waals surface area contributed by atoms with E-state index in [0.717, 1.165) is 55.6 Å². The maximum absolute atomic E-state index is 13.8. The van der Waals surface area contributed by atoms with Gasteiger partial charge in [-0.25, -0.2) is 0 Å². The van der Waals surface area contributed by atoms with Crippen LogP contribution in [0.5, 0.6) is 0 Å². The minimum absolute atomic E-state index is 0. The van der Waals surface area contributed by atoms with Crippen LogP contribution in [0.3, 0.4) is 0 Å². The molecule has 3 N–H and O–H groups in total. The van der Waals surface area contributed by atoms with Crippen molar-refractivity contribution in [3.05, 3.63) is 107 Å². The van der Waals surface area contributed by atoms with Gasteiger partial charge in [-0.15, -0.1) is 12.4 Å². The molecule has 8 heteroatoms. The second-order valence-electron chi connectivity index (χ2n) is 11.4. The van der Waals surface area contributed by atoms with Crippen molar-refractivity contribution in [3.63, 3.8) is 0 Å². The number of halogens is 2. The number of likely N-dealkylation sites (N-methyl/N-ethyl adjacent to an activating group) is 1. The van der Waals surface area contributed by atoms with E-state index in [-0.39, 0.29) is 18.3 Å². The lowest BCUT2D eigenvalue weighted by molar-refractivity contribution is -0.133. The van der Waals surface area contributed by atoms with E-state index in [0.29, 0.717) is 30.7 Å². The lowest BCUT2D eigenvalue weighted by Gasteiger charge is -2.41. The van der Waals surface area contributed by atoms with Gasteiger partial charge >= 0.3 is 0 Å². The number of nitrogens with zero attached hydrogens (tertiary/aromatic N) is 2. The highest BCUT2D eigenvalue weighted by Gasteiger charge is 2.43. The van der Waals surface area contributed by atoms with Crippen molar-refractivity contribution in [3.8, 4) is 0 Å². The topological polar surface area (TPSA) is 84.2 Å². The third kappa shape index (κ3) is 10.0. The summed E-state index contributed by atoms with van der Waals surface area (Å²) in [5.74, 6) is 0.0829. The van der Waals surface area contributed by atoms with Gasteiger partial charge in [0.1, 0.15) is 5.41 Å². The normalized spacial score (nSPS) is 14.8. The minimum atomic E-state index is -1.10. The average molecular weight is 632 g/mol. The zero-order chi connectivity index (χ0) is 30.6. The lowest BCUT2D eigenvalue weighted by atomic mass is 9.70. The SMILES string of the molecule is CCCCCC(O)O.CN(C)C(=O)C(CCN1CCC(O)(c2ccc(Cl)cc2)CC1)(c1ccccc1)c1ccccc1.Cl. The molecule has 6 nitrogen and oxygen atoms in total. The monoisotopic (exact) mass is 630 g/mol. The zero-order valence-electron chi connectivity index (χ0n) is 25.7. The fourth-order valence-corrected chi connectivity index (χ4v) is 5.86. The molecular formula is C35H48Cl2N2O4. The van der Waals surface area contributed by atoms with Crippen LogP contribution >= 0.6 is 24.0 Å². The van der Waals surface area contributed by atoms with Crippen LogP contribution in [0.1, 0.15) is 68.6 Å². The van der Waals surface area contributed by atoms with Gasteiger partial charge in [0.25, 0.3) is 0 Å². The molecule has 0 atom stereocenters. The first-order valence-corrected chi connectivity index (χ1v) is 15.4. The fraction of sp³-hybridized carbons (Fsp3) is 0.457. The predicted octanol–water partition coefficient (Wildman–Crippen LogP) is 6.39. The summed E-state index contributed by atoms with van der Waals surface area (Å²) in [6, 6.07) is 27.7. The van der Waals surface area contributed by atoms with Crippen molar-refractivity contribution >= 4 is 29.9 Å². The van der Waals surface area contributed by atoms with Gasteiger partial charge < -0.3 is 25.1 Å². The van der Waals surface area contributed by atoms with E-state index >= 15 is 0 Å². The molecule has 0 saturated carbocycles. The molecule has 1 amide bonds. The van der Waals surface area contributed by atoms with Crippen LogP contribution in [0.4, 0.5) is 0 Å². The molecule has 1 aliphatic heterocycles. The van der Waals surface area contributed by atoms with Gasteiger partial charge in [0, 0.05) is 32.2 Å². The second-order valence-corrected chi connectivity index (χ2v) is 11.9. The number of amides is 1. The Balaban J connectivity index is 0.000000632. The van der Waals surface area contributed by atoms with Crippen LogP contribution in [0.2, 0.25) is 5.02 Å². The minimum Gasteiger partial charge on any atom is -0.385 e. The summed E-state index contributed by atoms with van der Waals surface area (Å²) in [5.41, 5.74) is 1.33. The maximum atomic E-state index is 13.8. The number of carbonyl (C=O) groups excluding carboxylic acids is 1. The lowest BCUT2D eigenvalue weighted by Crippen LogP contribution is -2.48. The molecule has 0 unspecified atom stereocenters. The molecule has 4 rings (SSSR count). The molecule has 1 heterocycles. The van der Waals surface area contributed by atoms with Crippen LogP contribution in [0.25, 0.3) is 0 Å². The molecule has 43 heavy (non-hydrogen) atoms. The number of carbonyl (C=O) groups is 1. The summed E-state index contributed by atoms with van der Waals surface area (Å²) in [4.78, 5) is 17.9. The van der Waals surface area contributed by atoms with Gasteiger partial charge in [-0.1, -0.05) is 104 Å². The zero-order valence-corrected chi connectivity index (χ0v) is 27.2. The second kappa shape index (κ2) is 17.7. The van der Waals surface area contributed by atoms with Crippen LogP contribution in [0, 0.1) is 0 Å². The van der Waals surface area contributed by atoms with Crippen molar-refractivity contribution in [2.45, 2.75) is 69.2 Å². The molecule has 0 aromatic heterocycles. The third-order valence-electron chi connectivity index (χ3n) is 8.24.